The SMILES string of the molecule is CCC(Oc1cccc(C)c1C)C(=O)NCCCc1ccccc1. The van der Waals surface area contributed by atoms with Crippen LogP contribution < -0.4 is 10.1 Å². The molecule has 1 unspecified atom stereocenters. The molecule has 2 aromatic carbocycles. The van der Waals surface area contributed by atoms with E-state index in [2.05, 4.69) is 17.4 Å². The molecule has 2 aromatic rings. The molecule has 0 bridgehead atoms. The number of amides is 1. The summed E-state index contributed by atoms with van der Waals surface area (Å²) in [5.41, 5.74) is 3.56. The Bertz CT molecular complexity index is 652. The van der Waals surface area contributed by atoms with E-state index in [-0.39, 0.29) is 5.91 Å². The highest BCUT2D eigenvalue weighted by atomic mass is 16.5. The van der Waals surface area contributed by atoms with Gasteiger partial charge in [0, 0.05) is 6.54 Å². The second-order valence-electron chi connectivity index (χ2n) is 6.09. The van der Waals surface area contributed by atoms with Gasteiger partial charge in [-0.1, -0.05) is 49.4 Å². The number of nitrogens with one attached hydrogen (secondary N) is 1. The van der Waals surface area contributed by atoms with Crippen LogP contribution in [0.2, 0.25) is 0 Å². The highest BCUT2D eigenvalue weighted by Gasteiger charge is 2.18. The van der Waals surface area contributed by atoms with Crippen molar-refractivity contribution in [1.29, 1.82) is 0 Å². The van der Waals surface area contributed by atoms with Gasteiger partial charge in [-0.2, -0.15) is 0 Å². The molecule has 0 saturated carbocycles. The molecule has 0 aliphatic rings. The van der Waals surface area contributed by atoms with E-state index < -0.39 is 6.10 Å². The molecule has 0 spiro atoms. The molecule has 1 atom stereocenters. The first-order chi connectivity index (χ1) is 11.6. The third-order valence-corrected chi connectivity index (χ3v) is 4.27. The van der Waals surface area contributed by atoms with Gasteiger partial charge < -0.3 is 10.1 Å². The van der Waals surface area contributed by atoms with Crippen LogP contribution in [-0.4, -0.2) is 18.6 Å². The number of carbonyl (C=O) groups excluding carboxylic acids is 1. The molecular weight excluding hydrogens is 298 g/mol. The van der Waals surface area contributed by atoms with Crippen molar-refractivity contribution in [3.63, 3.8) is 0 Å². The van der Waals surface area contributed by atoms with Gasteiger partial charge in [-0.15, -0.1) is 0 Å². The van der Waals surface area contributed by atoms with Crippen LogP contribution in [0, 0.1) is 13.8 Å². The summed E-state index contributed by atoms with van der Waals surface area (Å²) in [5, 5.41) is 2.99. The number of hydrogen-bond acceptors (Lipinski definition) is 2. The third-order valence-electron chi connectivity index (χ3n) is 4.27. The molecule has 2 rings (SSSR count). The van der Waals surface area contributed by atoms with Crippen molar-refractivity contribution < 1.29 is 9.53 Å². The van der Waals surface area contributed by atoms with Crippen LogP contribution in [0.3, 0.4) is 0 Å². The zero-order valence-corrected chi connectivity index (χ0v) is 14.8. The largest absolute Gasteiger partial charge is 0.480 e. The average molecular weight is 325 g/mol. The number of ether oxygens (including phenoxy) is 1. The number of carbonyl (C=O) groups is 1. The molecule has 3 nitrogen and oxygen atoms in total. The summed E-state index contributed by atoms with van der Waals surface area (Å²) in [5.74, 6) is 0.757. The van der Waals surface area contributed by atoms with Crippen molar-refractivity contribution in [2.75, 3.05) is 6.54 Å². The molecule has 128 valence electrons. The lowest BCUT2D eigenvalue weighted by atomic mass is 10.1. The fourth-order valence-electron chi connectivity index (χ4n) is 2.59. The van der Waals surface area contributed by atoms with Gasteiger partial charge in [0.15, 0.2) is 6.10 Å². The second-order valence-corrected chi connectivity index (χ2v) is 6.09. The van der Waals surface area contributed by atoms with E-state index in [4.69, 9.17) is 4.74 Å². The summed E-state index contributed by atoms with van der Waals surface area (Å²) >= 11 is 0. The molecule has 0 saturated heterocycles. The first kappa shape index (κ1) is 18.1. The molecule has 0 aliphatic carbocycles. The van der Waals surface area contributed by atoms with E-state index in [1.165, 1.54) is 11.1 Å². The Morgan fingerprint density at radius 1 is 1.08 bits per heavy atom. The van der Waals surface area contributed by atoms with Gasteiger partial charge in [0.25, 0.3) is 5.91 Å². The van der Waals surface area contributed by atoms with Gasteiger partial charge in [0.1, 0.15) is 5.75 Å². The molecule has 1 N–H and O–H groups in total. The monoisotopic (exact) mass is 325 g/mol. The van der Waals surface area contributed by atoms with Crippen LogP contribution in [0.5, 0.6) is 5.75 Å². The fourth-order valence-corrected chi connectivity index (χ4v) is 2.59. The van der Waals surface area contributed by atoms with E-state index in [1.54, 1.807) is 0 Å². The van der Waals surface area contributed by atoms with Gasteiger partial charge in [0.05, 0.1) is 0 Å². The molecular formula is C21H27NO2. The Balaban J connectivity index is 1.82. The smallest absolute Gasteiger partial charge is 0.261 e. The Labute approximate surface area is 145 Å². The predicted molar refractivity (Wildman–Crippen MR) is 98.4 cm³/mol. The minimum absolute atomic E-state index is 0.0357. The van der Waals surface area contributed by atoms with Gasteiger partial charge in [0.2, 0.25) is 0 Å². The maximum absolute atomic E-state index is 12.4. The van der Waals surface area contributed by atoms with Crippen molar-refractivity contribution in [2.45, 2.75) is 46.1 Å². The maximum atomic E-state index is 12.4. The zero-order chi connectivity index (χ0) is 17.4. The van der Waals surface area contributed by atoms with Gasteiger partial charge in [-0.25, -0.2) is 0 Å². The lowest BCUT2D eigenvalue weighted by molar-refractivity contribution is -0.128. The molecule has 0 radical (unpaired) electrons. The molecule has 0 fully saturated rings. The van der Waals surface area contributed by atoms with Crippen molar-refractivity contribution in [3.8, 4) is 5.75 Å². The topological polar surface area (TPSA) is 38.3 Å². The predicted octanol–water partition coefficient (Wildman–Crippen LogP) is 4.21. The summed E-state index contributed by atoms with van der Waals surface area (Å²) in [4.78, 5) is 12.4. The number of rotatable bonds is 8. The lowest BCUT2D eigenvalue weighted by Gasteiger charge is -2.19. The standard InChI is InChI=1S/C21H27NO2/c1-4-19(24-20-14-8-10-16(2)17(20)3)21(23)22-15-9-13-18-11-6-5-7-12-18/h5-8,10-12,14,19H,4,9,13,15H2,1-3H3,(H,22,23). The number of aryl methyl sites for hydroxylation is 2. The lowest BCUT2D eigenvalue weighted by Crippen LogP contribution is -2.38. The van der Waals surface area contributed by atoms with Gasteiger partial charge >= 0.3 is 0 Å². The minimum Gasteiger partial charge on any atom is -0.480 e. The van der Waals surface area contributed by atoms with Crippen LogP contribution in [0.25, 0.3) is 0 Å². The van der Waals surface area contributed by atoms with E-state index >= 15 is 0 Å². The highest BCUT2D eigenvalue weighted by Crippen LogP contribution is 2.22. The van der Waals surface area contributed by atoms with Crippen molar-refractivity contribution in [3.05, 3.63) is 65.2 Å². The molecule has 0 aliphatic heterocycles. The normalized spacial score (nSPS) is 11.8. The third kappa shape index (κ3) is 5.12. The Morgan fingerprint density at radius 3 is 2.54 bits per heavy atom. The maximum Gasteiger partial charge on any atom is 0.261 e. The number of benzene rings is 2. The Hall–Kier alpha value is -2.29. The van der Waals surface area contributed by atoms with E-state index in [0.29, 0.717) is 13.0 Å². The summed E-state index contributed by atoms with van der Waals surface area (Å²) in [6.07, 6.45) is 2.10. The van der Waals surface area contributed by atoms with Crippen molar-refractivity contribution in [2.24, 2.45) is 0 Å². The van der Waals surface area contributed by atoms with E-state index in [1.807, 2.05) is 57.2 Å². The Kier molecular flexibility index (Phi) is 6.86. The quantitative estimate of drug-likeness (QED) is 0.738. The molecule has 0 heterocycles. The van der Waals surface area contributed by atoms with Crippen LogP contribution in [-0.2, 0) is 11.2 Å². The molecule has 1 amide bonds. The summed E-state index contributed by atoms with van der Waals surface area (Å²) in [6.45, 7) is 6.71. The molecule has 0 aromatic heterocycles. The summed E-state index contributed by atoms with van der Waals surface area (Å²) in [7, 11) is 0. The summed E-state index contributed by atoms with van der Waals surface area (Å²) in [6, 6.07) is 16.3. The van der Waals surface area contributed by atoms with Crippen LogP contribution >= 0.6 is 0 Å². The van der Waals surface area contributed by atoms with Crippen LogP contribution in [0.15, 0.2) is 48.5 Å². The zero-order valence-electron chi connectivity index (χ0n) is 14.8. The molecule has 3 heteroatoms. The highest BCUT2D eigenvalue weighted by molar-refractivity contribution is 5.81. The Morgan fingerprint density at radius 2 is 1.83 bits per heavy atom. The van der Waals surface area contributed by atoms with Gasteiger partial charge in [-0.05, 0) is 55.9 Å². The first-order valence-electron chi connectivity index (χ1n) is 8.66. The van der Waals surface area contributed by atoms with Gasteiger partial charge in [-0.3, -0.25) is 4.79 Å². The van der Waals surface area contributed by atoms with Crippen LogP contribution in [0.4, 0.5) is 0 Å². The summed E-state index contributed by atoms with van der Waals surface area (Å²) < 4.78 is 5.94. The first-order valence-corrected chi connectivity index (χ1v) is 8.66. The van der Waals surface area contributed by atoms with E-state index in [9.17, 15) is 4.79 Å². The van der Waals surface area contributed by atoms with Crippen molar-refractivity contribution >= 4 is 5.91 Å². The second kappa shape index (κ2) is 9.11. The number of hydrogen-bond donors (Lipinski definition) is 1. The average Bonchev–Trinajstić information content (AvgIpc) is 2.60. The minimum atomic E-state index is -0.442. The fraction of sp³-hybridized carbons (Fsp3) is 0.381. The molecule has 24 heavy (non-hydrogen) atoms. The van der Waals surface area contributed by atoms with E-state index in [0.717, 1.165) is 24.2 Å². The van der Waals surface area contributed by atoms with Crippen molar-refractivity contribution in [1.82, 2.24) is 5.32 Å². The van der Waals surface area contributed by atoms with Crippen LogP contribution in [0.1, 0.15) is 36.5 Å².